The number of halogens is 2. The van der Waals surface area contributed by atoms with Crippen molar-refractivity contribution in [3.05, 3.63) is 70.7 Å². The largest absolute Gasteiger partial charge is 0.493 e. The zero-order chi connectivity index (χ0) is 19.5. The Labute approximate surface area is 173 Å². The molecule has 6 nitrogen and oxygen atoms in total. The standard InChI is InChI=1S/C20H20Cl2N4O2/c21-14-1-6-17(18(22)7-14)20-13(9-27-16-4-2-15(23)3-5-16)10-28-19(20)8-26-12-24-11-25-26/h1-7,11-13,19-20H,8-10,23H2. The zero-order valence-corrected chi connectivity index (χ0v) is 16.6. The molecule has 1 aromatic heterocycles. The minimum absolute atomic E-state index is 0.0442. The summed E-state index contributed by atoms with van der Waals surface area (Å²) in [7, 11) is 0. The van der Waals surface area contributed by atoms with Crippen LogP contribution in [0.25, 0.3) is 0 Å². The van der Waals surface area contributed by atoms with Crippen LogP contribution in [0.15, 0.2) is 55.1 Å². The number of ether oxygens (including phenoxy) is 2. The maximum atomic E-state index is 6.53. The van der Waals surface area contributed by atoms with Crippen LogP contribution in [0.1, 0.15) is 11.5 Å². The highest BCUT2D eigenvalue weighted by atomic mass is 35.5. The maximum absolute atomic E-state index is 6.53. The molecule has 1 aliphatic rings. The Balaban J connectivity index is 1.56. The fraction of sp³-hybridized carbons (Fsp3) is 0.300. The smallest absolute Gasteiger partial charge is 0.137 e. The van der Waals surface area contributed by atoms with Gasteiger partial charge in [0.1, 0.15) is 18.4 Å². The van der Waals surface area contributed by atoms with E-state index in [1.54, 1.807) is 17.1 Å². The molecule has 3 aromatic rings. The second-order valence-corrected chi connectivity index (χ2v) is 7.66. The van der Waals surface area contributed by atoms with E-state index in [0.29, 0.717) is 35.5 Å². The molecule has 2 heterocycles. The fourth-order valence-electron chi connectivity index (χ4n) is 3.58. The van der Waals surface area contributed by atoms with Gasteiger partial charge in [-0.25, -0.2) is 4.98 Å². The molecular weight excluding hydrogens is 399 g/mol. The number of rotatable bonds is 6. The number of nitrogens with two attached hydrogens (primary N) is 1. The second-order valence-electron chi connectivity index (χ2n) is 6.82. The summed E-state index contributed by atoms with van der Waals surface area (Å²) in [6, 6.07) is 13.0. The van der Waals surface area contributed by atoms with Crippen molar-refractivity contribution in [2.24, 2.45) is 5.92 Å². The van der Waals surface area contributed by atoms with E-state index in [4.69, 9.17) is 38.4 Å². The quantitative estimate of drug-likeness (QED) is 0.611. The SMILES string of the molecule is Nc1ccc(OCC2COC(Cn3cncn3)C2c2ccc(Cl)cc2Cl)cc1. The van der Waals surface area contributed by atoms with Crippen LogP contribution in [0.2, 0.25) is 10.0 Å². The lowest BCUT2D eigenvalue weighted by Crippen LogP contribution is -2.27. The Morgan fingerprint density at radius 2 is 2.00 bits per heavy atom. The van der Waals surface area contributed by atoms with Crippen LogP contribution < -0.4 is 10.5 Å². The predicted molar refractivity (Wildman–Crippen MR) is 109 cm³/mol. The lowest BCUT2D eigenvalue weighted by Gasteiger charge is -2.24. The molecule has 0 amide bonds. The average molecular weight is 419 g/mol. The first-order valence-corrected chi connectivity index (χ1v) is 9.73. The van der Waals surface area contributed by atoms with Gasteiger partial charge in [-0.05, 0) is 42.0 Å². The first-order chi connectivity index (χ1) is 13.6. The van der Waals surface area contributed by atoms with Gasteiger partial charge in [-0.3, -0.25) is 4.68 Å². The van der Waals surface area contributed by atoms with E-state index in [0.717, 1.165) is 11.3 Å². The topological polar surface area (TPSA) is 75.2 Å². The molecular formula is C20H20Cl2N4O2. The van der Waals surface area contributed by atoms with Crippen molar-refractivity contribution in [3.8, 4) is 5.75 Å². The lowest BCUT2D eigenvalue weighted by molar-refractivity contribution is 0.0827. The van der Waals surface area contributed by atoms with Crippen LogP contribution in [0, 0.1) is 5.92 Å². The summed E-state index contributed by atoms with van der Waals surface area (Å²) in [5.41, 5.74) is 7.44. The summed E-state index contributed by atoms with van der Waals surface area (Å²) in [5, 5.41) is 5.44. The summed E-state index contributed by atoms with van der Waals surface area (Å²) in [5.74, 6) is 0.947. The van der Waals surface area contributed by atoms with Gasteiger partial charge in [0.05, 0.1) is 25.9 Å². The molecule has 28 heavy (non-hydrogen) atoms. The molecule has 4 rings (SSSR count). The normalized spacial score (nSPS) is 21.7. The van der Waals surface area contributed by atoms with Gasteiger partial charge in [0.2, 0.25) is 0 Å². The van der Waals surface area contributed by atoms with Gasteiger partial charge in [-0.1, -0.05) is 29.3 Å². The Kier molecular flexibility index (Phi) is 5.71. The summed E-state index contributed by atoms with van der Waals surface area (Å²) >= 11 is 12.6. The first kappa shape index (κ1) is 19.1. The van der Waals surface area contributed by atoms with E-state index in [9.17, 15) is 0 Å². The van der Waals surface area contributed by atoms with Gasteiger partial charge in [0.15, 0.2) is 0 Å². The van der Waals surface area contributed by atoms with E-state index < -0.39 is 0 Å². The number of anilines is 1. The number of nitrogen functional groups attached to an aromatic ring is 1. The van der Waals surface area contributed by atoms with Crippen molar-refractivity contribution in [1.29, 1.82) is 0 Å². The zero-order valence-electron chi connectivity index (χ0n) is 15.0. The maximum Gasteiger partial charge on any atom is 0.137 e. The molecule has 2 aromatic carbocycles. The Bertz CT molecular complexity index is 918. The van der Waals surface area contributed by atoms with Crippen LogP contribution in [0.4, 0.5) is 5.69 Å². The number of hydrogen-bond acceptors (Lipinski definition) is 5. The molecule has 3 atom stereocenters. The molecule has 0 saturated carbocycles. The van der Waals surface area contributed by atoms with E-state index in [2.05, 4.69) is 10.1 Å². The number of aromatic nitrogens is 3. The van der Waals surface area contributed by atoms with E-state index in [-0.39, 0.29) is 17.9 Å². The van der Waals surface area contributed by atoms with E-state index in [1.807, 2.05) is 36.4 Å². The van der Waals surface area contributed by atoms with Crippen molar-refractivity contribution in [3.63, 3.8) is 0 Å². The monoisotopic (exact) mass is 418 g/mol. The molecule has 1 aliphatic heterocycles. The Hall–Kier alpha value is -2.28. The average Bonchev–Trinajstić information content (AvgIpc) is 3.32. The molecule has 1 saturated heterocycles. The molecule has 0 radical (unpaired) electrons. The number of benzene rings is 2. The number of nitrogens with zero attached hydrogens (tertiary/aromatic N) is 3. The molecule has 146 valence electrons. The van der Waals surface area contributed by atoms with Crippen LogP contribution in [-0.2, 0) is 11.3 Å². The predicted octanol–water partition coefficient (Wildman–Crippen LogP) is 4.04. The third kappa shape index (κ3) is 4.24. The highest BCUT2D eigenvalue weighted by Gasteiger charge is 2.40. The van der Waals surface area contributed by atoms with E-state index in [1.165, 1.54) is 6.33 Å². The van der Waals surface area contributed by atoms with E-state index >= 15 is 0 Å². The minimum atomic E-state index is -0.0969. The molecule has 2 N–H and O–H groups in total. The summed E-state index contributed by atoms with van der Waals surface area (Å²) in [6.07, 6.45) is 3.10. The highest BCUT2D eigenvalue weighted by Crippen LogP contribution is 2.41. The Morgan fingerprint density at radius 3 is 2.71 bits per heavy atom. The van der Waals surface area contributed by atoms with Gasteiger partial charge < -0.3 is 15.2 Å². The van der Waals surface area contributed by atoms with Crippen LogP contribution in [0.3, 0.4) is 0 Å². The molecule has 3 unspecified atom stereocenters. The van der Waals surface area contributed by atoms with Crippen molar-refractivity contribution >= 4 is 28.9 Å². The fourth-order valence-corrected chi connectivity index (χ4v) is 4.12. The second kappa shape index (κ2) is 8.39. The molecule has 8 heteroatoms. The van der Waals surface area contributed by atoms with Crippen LogP contribution in [0.5, 0.6) is 5.75 Å². The molecule has 0 bridgehead atoms. The molecule has 0 spiro atoms. The van der Waals surface area contributed by atoms with Crippen molar-refractivity contribution in [2.45, 2.75) is 18.6 Å². The minimum Gasteiger partial charge on any atom is -0.493 e. The molecule has 1 fully saturated rings. The van der Waals surface area contributed by atoms with Gasteiger partial charge in [0.25, 0.3) is 0 Å². The number of hydrogen-bond donors (Lipinski definition) is 1. The van der Waals surface area contributed by atoms with Crippen LogP contribution >= 0.6 is 23.2 Å². The Morgan fingerprint density at radius 1 is 1.18 bits per heavy atom. The summed E-state index contributed by atoms with van der Waals surface area (Å²) in [6.45, 7) is 1.65. The van der Waals surface area contributed by atoms with Crippen molar-refractivity contribution < 1.29 is 9.47 Å². The van der Waals surface area contributed by atoms with Crippen LogP contribution in [-0.4, -0.2) is 34.1 Å². The summed E-state index contributed by atoms with van der Waals surface area (Å²) < 4.78 is 13.9. The van der Waals surface area contributed by atoms with Gasteiger partial charge in [0, 0.05) is 27.6 Å². The lowest BCUT2D eigenvalue weighted by atomic mass is 9.84. The van der Waals surface area contributed by atoms with Gasteiger partial charge in [-0.2, -0.15) is 5.10 Å². The van der Waals surface area contributed by atoms with Gasteiger partial charge >= 0.3 is 0 Å². The van der Waals surface area contributed by atoms with Crippen molar-refractivity contribution in [1.82, 2.24) is 14.8 Å². The van der Waals surface area contributed by atoms with Crippen molar-refractivity contribution in [2.75, 3.05) is 18.9 Å². The summed E-state index contributed by atoms with van der Waals surface area (Å²) in [4.78, 5) is 4.01. The third-order valence-corrected chi connectivity index (χ3v) is 5.49. The first-order valence-electron chi connectivity index (χ1n) is 8.97. The third-order valence-electron chi connectivity index (χ3n) is 4.93. The molecule has 0 aliphatic carbocycles. The highest BCUT2D eigenvalue weighted by molar-refractivity contribution is 6.35. The van der Waals surface area contributed by atoms with Gasteiger partial charge in [-0.15, -0.1) is 0 Å².